The van der Waals surface area contributed by atoms with Gasteiger partial charge in [-0.2, -0.15) is 5.10 Å². The summed E-state index contributed by atoms with van der Waals surface area (Å²) in [5.41, 5.74) is 3.68. The molecule has 6 nitrogen and oxygen atoms in total. The minimum atomic E-state index is -0.273. The van der Waals surface area contributed by atoms with Gasteiger partial charge in [-0.25, -0.2) is 0 Å². The minimum Gasteiger partial charge on any atom is -0.490 e. The van der Waals surface area contributed by atoms with E-state index in [1.54, 1.807) is 10.8 Å². The maximum atomic E-state index is 12.6. The Kier molecular flexibility index (Phi) is 6.58. The summed E-state index contributed by atoms with van der Waals surface area (Å²) in [5, 5.41) is 7.34. The number of aryl methyl sites for hydroxylation is 2. The number of benzene rings is 1. The molecule has 0 aliphatic rings. The summed E-state index contributed by atoms with van der Waals surface area (Å²) < 4.78 is 7.26. The number of rotatable bonds is 8. The molecular weight excluding hydrogens is 328 g/mol. The molecule has 0 aliphatic heterocycles. The second kappa shape index (κ2) is 8.67. The summed E-state index contributed by atoms with van der Waals surface area (Å²) in [6.45, 7) is 10.5. The highest BCUT2D eigenvalue weighted by Gasteiger charge is 2.21. The third-order valence-electron chi connectivity index (χ3n) is 4.52. The molecule has 6 heteroatoms. The number of amides is 1. The van der Waals surface area contributed by atoms with Crippen LogP contribution in [-0.2, 0) is 18.4 Å². The molecule has 1 aromatic heterocycles. The highest BCUT2D eigenvalue weighted by Crippen LogP contribution is 2.19. The molecule has 0 fully saturated rings. The van der Waals surface area contributed by atoms with Crippen molar-refractivity contribution in [3.8, 4) is 5.75 Å². The third kappa shape index (κ3) is 4.73. The molecule has 0 radical (unpaired) electrons. The summed E-state index contributed by atoms with van der Waals surface area (Å²) in [6.07, 6.45) is 1.72. The molecule has 0 saturated carbocycles. The van der Waals surface area contributed by atoms with Crippen molar-refractivity contribution in [1.82, 2.24) is 14.7 Å². The van der Waals surface area contributed by atoms with E-state index in [9.17, 15) is 4.79 Å². The zero-order valence-corrected chi connectivity index (χ0v) is 16.2. The zero-order valence-electron chi connectivity index (χ0n) is 16.2. The van der Waals surface area contributed by atoms with Crippen LogP contribution in [0, 0.1) is 13.8 Å². The van der Waals surface area contributed by atoms with Crippen LogP contribution in [-0.4, -0.2) is 40.3 Å². The number of aromatic nitrogens is 2. The average Bonchev–Trinajstić information content (AvgIpc) is 2.86. The average molecular weight is 356 g/mol. The van der Waals surface area contributed by atoms with Crippen LogP contribution in [0.2, 0.25) is 0 Å². The van der Waals surface area contributed by atoms with Gasteiger partial charge in [0.15, 0.2) is 0 Å². The standard InChI is InChI=1S/C20H28N4O2/c1-7-12-26-18-10-8-17(9-11-18)13-23(5)16(4)20(25)21-19-14(2)22-24(6)15(19)3/h7-11,16H,1,12-13H2,2-6H3,(H,21,25)/t16-/m1/s1. The first kappa shape index (κ1) is 19.7. The molecule has 2 aromatic rings. The molecule has 26 heavy (non-hydrogen) atoms. The van der Waals surface area contributed by atoms with E-state index in [0.29, 0.717) is 13.2 Å². The molecule has 1 N–H and O–H groups in total. The Hall–Kier alpha value is -2.60. The van der Waals surface area contributed by atoms with Gasteiger partial charge in [0, 0.05) is 13.6 Å². The van der Waals surface area contributed by atoms with Crippen LogP contribution in [0.1, 0.15) is 23.9 Å². The SMILES string of the molecule is C=CCOc1ccc(CN(C)[C@H](C)C(=O)Nc2c(C)nn(C)c2C)cc1. The molecule has 1 amide bonds. The van der Waals surface area contributed by atoms with Gasteiger partial charge in [0.05, 0.1) is 23.1 Å². The van der Waals surface area contributed by atoms with Crippen molar-refractivity contribution < 1.29 is 9.53 Å². The first-order chi connectivity index (χ1) is 12.3. The number of hydrogen-bond donors (Lipinski definition) is 1. The Morgan fingerprint density at radius 1 is 1.38 bits per heavy atom. The first-order valence-corrected chi connectivity index (χ1v) is 8.67. The summed E-state index contributed by atoms with van der Waals surface area (Å²) in [7, 11) is 3.81. The maximum absolute atomic E-state index is 12.6. The van der Waals surface area contributed by atoms with Crippen molar-refractivity contribution in [3.05, 3.63) is 53.9 Å². The minimum absolute atomic E-state index is 0.0439. The fourth-order valence-electron chi connectivity index (χ4n) is 2.65. The molecule has 1 heterocycles. The van der Waals surface area contributed by atoms with Crippen LogP contribution in [0.4, 0.5) is 5.69 Å². The van der Waals surface area contributed by atoms with Crippen molar-refractivity contribution in [2.75, 3.05) is 19.0 Å². The van der Waals surface area contributed by atoms with Gasteiger partial charge in [0.25, 0.3) is 0 Å². The Morgan fingerprint density at radius 3 is 2.58 bits per heavy atom. The van der Waals surface area contributed by atoms with E-state index in [4.69, 9.17) is 4.74 Å². The highest BCUT2D eigenvalue weighted by atomic mass is 16.5. The van der Waals surface area contributed by atoms with Gasteiger partial charge >= 0.3 is 0 Å². The number of anilines is 1. The lowest BCUT2D eigenvalue weighted by atomic mass is 10.1. The van der Waals surface area contributed by atoms with Crippen molar-refractivity contribution in [3.63, 3.8) is 0 Å². The Morgan fingerprint density at radius 2 is 2.04 bits per heavy atom. The van der Waals surface area contributed by atoms with Gasteiger partial charge in [-0.1, -0.05) is 24.8 Å². The largest absolute Gasteiger partial charge is 0.490 e. The summed E-state index contributed by atoms with van der Waals surface area (Å²) in [5.74, 6) is 0.766. The van der Waals surface area contributed by atoms with Crippen LogP contribution in [0.3, 0.4) is 0 Å². The number of ether oxygens (including phenoxy) is 1. The number of hydrogen-bond acceptors (Lipinski definition) is 4. The van der Waals surface area contributed by atoms with Gasteiger partial charge < -0.3 is 10.1 Å². The van der Waals surface area contributed by atoms with Gasteiger partial charge in [-0.3, -0.25) is 14.4 Å². The second-order valence-electron chi connectivity index (χ2n) is 6.49. The normalized spacial score (nSPS) is 12.1. The number of nitrogens with zero attached hydrogens (tertiary/aromatic N) is 3. The highest BCUT2D eigenvalue weighted by molar-refractivity contribution is 5.95. The molecule has 1 aromatic carbocycles. The summed E-state index contributed by atoms with van der Waals surface area (Å²) in [6, 6.07) is 7.61. The van der Waals surface area contributed by atoms with E-state index < -0.39 is 0 Å². The molecule has 0 saturated heterocycles. The zero-order chi connectivity index (χ0) is 19.3. The monoisotopic (exact) mass is 356 g/mol. The van der Waals surface area contributed by atoms with E-state index in [2.05, 4.69) is 17.0 Å². The third-order valence-corrected chi connectivity index (χ3v) is 4.52. The van der Waals surface area contributed by atoms with Crippen LogP contribution < -0.4 is 10.1 Å². The molecular formula is C20H28N4O2. The topological polar surface area (TPSA) is 59.4 Å². The van der Waals surface area contributed by atoms with Crippen LogP contribution in [0.15, 0.2) is 36.9 Å². The van der Waals surface area contributed by atoms with Crippen LogP contribution in [0.5, 0.6) is 5.75 Å². The predicted octanol–water partition coefficient (Wildman–Crippen LogP) is 3.06. The Balaban J connectivity index is 1.96. The molecule has 0 spiro atoms. The van der Waals surface area contributed by atoms with Crippen LogP contribution >= 0.6 is 0 Å². The molecule has 140 valence electrons. The van der Waals surface area contributed by atoms with E-state index >= 15 is 0 Å². The maximum Gasteiger partial charge on any atom is 0.241 e. The lowest BCUT2D eigenvalue weighted by molar-refractivity contribution is -0.120. The van der Waals surface area contributed by atoms with Crippen molar-refractivity contribution >= 4 is 11.6 Å². The van der Waals surface area contributed by atoms with E-state index in [-0.39, 0.29) is 11.9 Å². The van der Waals surface area contributed by atoms with Gasteiger partial charge in [0.1, 0.15) is 12.4 Å². The summed E-state index contributed by atoms with van der Waals surface area (Å²) in [4.78, 5) is 14.6. The van der Waals surface area contributed by atoms with Crippen molar-refractivity contribution in [1.29, 1.82) is 0 Å². The van der Waals surface area contributed by atoms with Crippen molar-refractivity contribution in [2.24, 2.45) is 7.05 Å². The second-order valence-corrected chi connectivity index (χ2v) is 6.49. The lowest BCUT2D eigenvalue weighted by Gasteiger charge is -2.24. The lowest BCUT2D eigenvalue weighted by Crippen LogP contribution is -2.39. The van der Waals surface area contributed by atoms with E-state index in [0.717, 1.165) is 28.4 Å². The fourth-order valence-corrected chi connectivity index (χ4v) is 2.65. The number of carbonyl (C=O) groups excluding carboxylic acids is 1. The summed E-state index contributed by atoms with van der Waals surface area (Å²) >= 11 is 0. The number of nitrogens with one attached hydrogen (secondary N) is 1. The first-order valence-electron chi connectivity index (χ1n) is 8.67. The van der Waals surface area contributed by atoms with Gasteiger partial charge in [-0.05, 0) is 45.5 Å². The molecule has 1 atom stereocenters. The Bertz CT molecular complexity index is 765. The smallest absolute Gasteiger partial charge is 0.241 e. The van der Waals surface area contributed by atoms with Crippen molar-refractivity contribution in [2.45, 2.75) is 33.4 Å². The van der Waals surface area contributed by atoms with Gasteiger partial charge in [0.2, 0.25) is 5.91 Å². The van der Waals surface area contributed by atoms with E-state index in [1.807, 2.05) is 64.0 Å². The number of likely N-dealkylation sites (N-methyl/N-ethyl adjacent to an activating group) is 1. The quantitative estimate of drug-likeness (QED) is 0.739. The molecule has 0 unspecified atom stereocenters. The molecule has 0 bridgehead atoms. The molecule has 0 aliphatic carbocycles. The Labute approximate surface area is 155 Å². The predicted molar refractivity (Wildman–Crippen MR) is 104 cm³/mol. The van der Waals surface area contributed by atoms with E-state index in [1.165, 1.54) is 0 Å². The van der Waals surface area contributed by atoms with Gasteiger partial charge in [-0.15, -0.1) is 0 Å². The number of carbonyl (C=O) groups is 1. The fraction of sp³-hybridized carbons (Fsp3) is 0.400. The molecule has 2 rings (SSSR count). The van der Waals surface area contributed by atoms with Crippen LogP contribution in [0.25, 0.3) is 0 Å².